The van der Waals surface area contributed by atoms with Crippen molar-refractivity contribution < 1.29 is 42.1 Å². The molecule has 1 N–H and O–H groups in total. The van der Waals surface area contributed by atoms with Crippen molar-refractivity contribution in [1.29, 1.82) is 0 Å². The fraction of sp³-hybridized carbons (Fsp3) is 0.214. The summed E-state index contributed by atoms with van der Waals surface area (Å²) >= 11 is 0. The Hall–Kier alpha value is -4.47. The van der Waals surface area contributed by atoms with E-state index >= 15 is 0 Å². The van der Waals surface area contributed by atoms with Gasteiger partial charge in [-0.25, -0.2) is 0 Å². The van der Waals surface area contributed by atoms with Gasteiger partial charge in [0.25, 0.3) is 11.7 Å². The molecule has 3 aromatic carbocycles. The molecule has 1 fully saturated rings. The first kappa shape index (κ1) is 26.6. The molecule has 0 saturated carbocycles. The highest BCUT2D eigenvalue weighted by atomic mass is 19.4. The average molecular weight is 527 g/mol. The first-order valence-corrected chi connectivity index (χ1v) is 11.6. The number of carbonyl (C=O) groups excluding carboxylic acids is 2. The summed E-state index contributed by atoms with van der Waals surface area (Å²) in [5, 5.41) is 11.2. The van der Waals surface area contributed by atoms with Crippen LogP contribution in [0.1, 0.15) is 31.0 Å². The molecule has 1 unspecified atom stereocenters. The van der Waals surface area contributed by atoms with Gasteiger partial charge in [0.1, 0.15) is 23.0 Å². The van der Waals surface area contributed by atoms with Gasteiger partial charge >= 0.3 is 6.36 Å². The van der Waals surface area contributed by atoms with Crippen molar-refractivity contribution in [2.75, 3.05) is 12.0 Å². The maximum absolute atomic E-state index is 13.3. The van der Waals surface area contributed by atoms with Crippen molar-refractivity contribution in [1.82, 2.24) is 0 Å². The van der Waals surface area contributed by atoms with E-state index in [1.165, 1.54) is 19.2 Å². The predicted octanol–water partition coefficient (Wildman–Crippen LogP) is 6.01. The van der Waals surface area contributed by atoms with Gasteiger partial charge in [-0.3, -0.25) is 14.5 Å². The summed E-state index contributed by atoms with van der Waals surface area (Å²) in [6.07, 6.45) is -5.03. The predicted molar refractivity (Wildman–Crippen MR) is 133 cm³/mol. The van der Waals surface area contributed by atoms with Crippen LogP contribution < -0.4 is 19.1 Å². The number of methoxy groups -OCH3 is 1. The normalized spacial score (nSPS) is 17.1. The van der Waals surface area contributed by atoms with Crippen LogP contribution in [0.25, 0.3) is 5.76 Å². The van der Waals surface area contributed by atoms with E-state index in [1.54, 1.807) is 48.5 Å². The Bertz CT molecular complexity index is 1380. The van der Waals surface area contributed by atoms with E-state index in [0.717, 1.165) is 17.0 Å². The van der Waals surface area contributed by atoms with E-state index in [-0.39, 0.29) is 22.9 Å². The van der Waals surface area contributed by atoms with Crippen LogP contribution in [0, 0.1) is 0 Å². The van der Waals surface area contributed by atoms with Crippen LogP contribution in [-0.4, -0.2) is 36.4 Å². The third-order valence-corrected chi connectivity index (χ3v) is 5.68. The van der Waals surface area contributed by atoms with E-state index < -0.39 is 35.6 Å². The van der Waals surface area contributed by atoms with Crippen molar-refractivity contribution in [2.45, 2.75) is 32.4 Å². The number of amides is 1. The van der Waals surface area contributed by atoms with Crippen molar-refractivity contribution in [3.05, 3.63) is 89.5 Å². The van der Waals surface area contributed by atoms with Crippen molar-refractivity contribution in [3.8, 4) is 17.2 Å². The van der Waals surface area contributed by atoms with E-state index in [1.807, 2.05) is 13.8 Å². The van der Waals surface area contributed by atoms with Crippen LogP contribution in [0.15, 0.2) is 78.4 Å². The van der Waals surface area contributed by atoms with Crippen molar-refractivity contribution >= 4 is 23.1 Å². The smallest absolute Gasteiger partial charge is 0.507 e. The minimum Gasteiger partial charge on any atom is -0.507 e. The Morgan fingerprint density at radius 3 is 2.21 bits per heavy atom. The maximum Gasteiger partial charge on any atom is 0.573 e. The zero-order valence-corrected chi connectivity index (χ0v) is 20.7. The minimum atomic E-state index is -4.95. The van der Waals surface area contributed by atoms with Gasteiger partial charge in [0, 0.05) is 17.3 Å². The number of hydrogen-bond donors (Lipinski definition) is 1. The van der Waals surface area contributed by atoms with Gasteiger partial charge in [-0.1, -0.05) is 18.2 Å². The molecule has 3 aromatic rings. The molecule has 1 aliphatic rings. The Balaban J connectivity index is 1.87. The van der Waals surface area contributed by atoms with Crippen LogP contribution in [0.2, 0.25) is 0 Å². The molecule has 1 saturated heterocycles. The molecule has 0 radical (unpaired) electrons. The Morgan fingerprint density at radius 1 is 0.921 bits per heavy atom. The van der Waals surface area contributed by atoms with Gasteiger partial charge in [0.05, 0.1) is 24.8 Å². The number of alkyl halides is 3. The first-order chi connectivity index (χ1) is 18.0. The first-order valence-electron chi connectivity index (χ1n) is 11.6. The zero-order valence-electron chi connectivity index (χ0n) is 20.7. The van der Waals surface area contributed by atoms with Crippen molar-refractivity contribution in [3.63, 3.8) is 0 Å². The summed E-state index contributed by atoms with van der Waals surface area (Å²) in [6.45, 7) is 3.72. The summed E-state index contributed by atoms with van der Waals surface area (Å²) < 4.78 is 53.4. The van der Waals surface area contributed by atoms with Crippen LogP contribution in [-0.2, 0) is 9.59 Å². The number of halogens is 3. The van der Waals surface area contributed by atoms with E-state index in [4.69, 9.17) is 9.47 Å². The number of aliphatic hydroxyl groups excluding tert-OH is 1. The summed E-state index contributed by atoms with van der Waals surface area (Å²) in [5.74, 6) is -2.08. The van der Waals surface area contributed by atoms with E-state index in [2.05, 4.69) is 4.74 Å². The molecule has 198 valence electrons. The maximum atomic E-state index is 13.3. The highest BCUT2D eigenvalue weighted by Gasteiger charge is 2.47. The number of ether oxygens (including phenoxy) is 3. The number of anilines is 1. The van der Waals surface area contributed by atoms with Crippen LogP contribution in [0.3, 0.4) is 0 Å². The fourth-order valence-corrected chi connectivity index (χ4v) is 4.18. The summed E-state index contributed by atoms with van der Waals surface area (Å²) in [5.41, 5.74) is 0.387. The SMILES string of the molecule is COc1cccc(C2/C(=C(\O)c3ccc(OC(C)C)cc3)C(=O)C(=O)N2c2cccc(OC(F)(F)F)c2)c1. The number of carbonyl (C=O) groups is 2. The second-order valence-corrected chi connectivity index (χ2v) is 8.68. The number of rotatable bonds is 7. The molecule has 38 heavy (non-hydrogen) atoms. The lowest BCUT2D eigenvalue weighted by molar-refractivity contribution is -0.274. The third-order valence-electron chi connectivity index (χ3n) is 5.68. The lowest BCUT2D eigenvalue weighted by Crippen LogP contribution is -2.29. The van der Waals surface area contributed by atoms with Crippen LogP contribution >= 0.6 is 0 Å². The minimum absolute atomic E-state index is 0.0265. The molecule has 0 bridgehead atoms. The number of hydrogen-bond acceptors (Lipinski definition) is 6. The van der Waals surface area contributed by atoms with Gasteiger partial charge in [-0.05, 0) is 67.9 Å². The van der Waals surface area contributed by atoms with E-state index in [0.29, 0.717) is 17.1 Å². The van der Waals surface area contributed by atoms with Gasteiger partial charge in [0.15, 0.2) is 0 Å². The van der Waals surface area contributed by atoms with Crippen LogP contribution in [0.5, 0.6) is 17.2 Å². The monoisotopic (exact) mass is 527 g/mol. The third kappa shape index (κ3) is 5.59. The Kier molecular flexibility index (Phi) is 7.34. The quantitative estimate of drug-likeness (QED) is 0.230. The molecule has 0 aliphatic carbocycles. The second-order valence-electron chi connectivity index (χ2n) is 8.68. The van der Waals surface area contributed by atoms with Gasteiger partial charge < -0.3 is 19.3 Å². The Morgan fingerprint density at radius 2 is 1.58 bits per heavy atom. The molecular formula is C28H24F3NO6. The largest absolute Gasteiger partial charge is 0.573 e. The molecular weight excluding hydrogens is 503 g/mol. The summed E-state index contributed by atoms with van der Waals surface area (Å²) in [4.78, 5) is 27.6. The van der Waals surface area contributed by atoms with E-state index in [9.17, 15) is 27.9 Å². The number of ketones is 1. The van der Waals surface area contributed by atoms with Gasteiger partial charge in [-0.2, -0.15) is 0 Å². The highest BCUT2D eigenvalue weighted by molar-refractivity contribution is 6.51. The number of aliphatic hydroxyl groups is 1. The topological polar surface area (TPSA) is 85.3 Å². The molecule has 0 spiro atoms. The Labute approximate surface area is 216 Å². The zero-order chi connectivity index (χ0) is 27.6. The molecule has 1 atom stereocenters. The van der Waals surface area contributed by atoms with Gasteiger partial charge in [0.2, 0.25) is 0 Å². The molecule has 1 aliphatic heterocycles. The number of Topliss-reactive ketones (excluding diaryl/α,β-unsaturated/α-hetero) is 1. The average Bonchev–Trinajstić information content (AvgIpc) is 3.13. The molecule has 10 heteroatoms. The lowest BCUT2D eigenvalue weighted by Gasteiger charge is -2.26. The number of nitrogens with zero attached hydrogens (tertiary/aromatic N) is 1. The lowest BCUT2D eigenvalue weighted by atomic mass is 9.95. The summed E-state index contributed by atoms with van der Waals surface area (Å²) in [6, 6.07) is 16.4. The van der Waals surface area contributed by atoms with Crippen LogP contribution in [0.4, 0.5) is 18.9 Å². The molecule has 1 amide bonds. The number of benzene rings is 3. The van der Waals surface area contributed by atoms with Gasteiger partial charge in [-0.15, -0.1) is 13.2 Å². The molecule has 1 heterocycles. The molecule has 0 aromatic heterocycles. The summed E-state index contributed by atoms with van der Waals surface area (Å²) in [7, 11) is 1.44. The highest BCUT2D eigenvalue weighted by Crippen LogP contribution is 2.43. The molecule has 7 nitrogen and oxygen atoms in total. The fourth-order valence-electron chi connectivity index (χ4n) is 4.18. The second kappa shape index (κ2) is 10.5. The van der Waals surface area contributed by atoms with Crippen molar-refractivity contribution in [2.24, 2.45) is 0 Å². The molecule has 4 rings (SSSR count). The standard InChI is InChI=1S/C28H24F3NO6/c1-16(2)37-20-12-10-17(11-13-20)25(33)23-24(18-6-4-8-21(14-18)36-3)32(27(35)26(23)34)19-7-5-9-22(15-19)38-28(29,30)31/h4-16,24,33H,1-3H3/b25-23+.